The summed E-state index contributed by atoms with van der Waals surface area (Å²) in [5.74, 6) is 0.903. The molecule has 0 radical (unpaired) electrons. The number of nitrogens with one attached hydrogen (secondary N) is 2. The lowest BCUT2D eigenvalue weighted by Crippen LogP contribution is -2.50. The fraction of sp³-hybridized carbons (Fsp3) is 0.467. The van der Waals surface area contributed by atoms with E-state index in [1.807, 2.05) is 6.07 Å². The number of H-pyrrole nitrogens is 1. The normalized spacial score (nSPS) is 20.4. The molecule has 0 aliphatic carbocycles. The number of rotatable bonds is 3. The zero-order valence-electron chi connectivity index (χ0n) is 11.9. The highest BCUT2D eigenvalue weighted by Gasteiger charge is 2.22. The lowest BCUT2D eigenvalue weighted by Gasteiger charge is -2.33. The van der Waals surface area contributed by atoms with Crippen molar-refractivity contribution >= 4 is 26.8 Å². The summed E-state index contributed by atoms with van der Waals surface area (Å²) in [5, 5.41) is 4.72. The van der Waals surface area contributed by atoms with E-state index in [9.17, 15) is 0 Å². The quantitative estimate of drug-likeness (QED) is 0.903. The lowest BCUT2D eigenvalue weighted by molar-refractivity contribution is 0.199. The second kappa shape index (κ2) is 5.76. The minimum absolute atomic E-state index is 0.533. The number of hydrogen-bond acceptors (Lipinski definition) is 3. The van der Waals surface area contributed by atoms with Gasteiger partial charge in [-0.1, -0.05) is 0 Å². The maximum Gasteiger partial charge on any atom is 0.119 e. The lowest BCUT2D eigenvalue weighted by atomic mass is 10.0. The Balaban J connectivity index is 1.95. The average molecular weight is 338 g/mol. The molecule has 2 heterocycles. The fourth-order valence-corrected chi connectivity index (χ4v) is 3.44. The molecule has 2 aromatic rings. The van der Waals surface area contributed by atoms with Gasteiger partial charge in [0.2, 0.25) is 0 Å². The highest BCUT2D eigenvalue weighted by atomic mass is 79.9. The van der Waals surface area contributed by atoms with Crippen molar-refractivity contribution in [2.24, 2.45) is 0 Å². The number of aromatic nitrogens is 1. The first-order valence-corrected chi connectivity index (χ1v) is 7.73. The van der Waals surface area contributed by atoms with Gasteiger partial charge in [0, 0.05) is 36.6 Å². The van der Waals surface area contributed by atoms with Gasteiger partial charge in [-0.2, -0.15) is 0 Å². The maximum absolute atomic E-state index is 5.35. The van der Waals surface area contributed by atoms with Gasteiger partial charge in [0.1, 0.15) is 5.75 Å². The van der Waals surface area contributed by atoms with E-state index in [-0.39, 0.29) is 0 Å². The Labute approximate surface area is 127 Å². The Morgan fingerprint density at radius 3 is 3.05 bits per heavy atom. The number of piperazine rings is 1. The molecule has 1 saturated heterocycles. The zero-order valence-corrected chi connectivity index (χ0v) is 13.5. The van der Waals surface area contributed by atoms with E-state index >= 15 is 0 Å². The number of nitrogens with zero attached hydrogens (tertiary/aromatic N) is 1. The van der Waals surface area contributed by atoms with Gasteiger partial charge in [-0.3, -0.25) is 0 Å². The minimum atomic E-state index is 0.533. The highest BCUT2D eigenvalue weighted by Crippen LogP contribution is 2.31. The van der Waals surface area contributed by atoms with Gasteiger partial charge in [0.15, 0.2) is 0 Å². The first-order valence-electron chi connectivity index (χ1n) is 6.94. The Hall–Kier alpha value is -1.04. The first kappa shape index (κ1) is 13.9. The number of aromatic amines is 1. The Morgan fingerprint density at radius 2 is 2.30 bits per heavy atom. The molecule has 4 nitrogen and oxygen atoms in total. The minimum Gasteiger partial charge on any atom is -0.497 e. The van der Waals surface area contributed by atoms with E-state index in [1.165, 1.54) is 10.9 Å². The number of fused-ring (bicyclic) bond motifs is 1. The molecule has 1 fully saturated rings. The molecule has 3 rings (SSSR count). The van der Waals surface area contributed by atoms with Crippen LogP contribution in [0.2, 0.25) is 0 Å². The summed E-state index contributed by atoms with van der Waals surface area (Å²) in [6, 6.07) is 6.71. The standard InChI is InChI=1S/C15H20BrN3O/c1-19-6-5-17-9-10(19)7-13-12-8-11(20-2)3-4-14(12)18-15(13)16/h3-4,8,10,17-18H,5-7,9H2,1-2H3. The third kappa shape index (κ3) is 2.57. The van der Waals surface area contributed by atoms with E-state index in [1.54, 1.807) is 7.11 Å². The van der Waals surface area contributed by atoms with Crippen LogP contribution in [0, 0.1) is 0 Å². The van der Waals surface area contributed by atoms with Crippen molar-refractivity contribution in [3.8, 4) is 5.75 Å². The van der Waals surface area contributed by atoms with Crippen molar-refractivity contribution < 1.29 is 4.74 Å². The van der Waals surface area contributed by atoms with Gasteiger partial charge in [0.25, 0.3) is 0 Å². The van der Waals surface area contributed by atoms with Crippen molar-refractivity contribution in [1.82, 2.24) is 15.2 Å². The monoisotopic (exact) mass is 337 g/mol. The second-order valence-electron chi connectivity index (χ2n) is 5.37. The van der Waals surface area contributed by atoms with Crippen molar-refractivity contribution in [3.05, 3.63) is 28.4 Å². The van der Waals surface area contributed by atoms with E-state index in [0.29, 0.717) is 6.04 Å². The summed E-state index contributed by atoms with van der Waals surface area (Å²) in [6.45, 7) is 3.23. The molecule has 1 unspecified atom stereocenters. The van der Waals surface area contributed by atoms with Crippen LogP contribution in [-0.2, 0) is 6.42 Å². The Bertz CT molecular complexity index is 610. The number of halogens is 1. The Morgan fingerprint density at radius 1 is 1.45 bits per heavy atom. The number of benzene rings is 1. The molecule has 108 valence electrons. The summed E-state index contributed by atoms with van der Waals surface area (Å²) < 4.78 is 6.43. The van der Waals surface area contributed by atoms with Gasteiger partial charge in [-0.15, -0.1) is 0 Å². The van der Waals surface area contributed by atoms with Crippen LogP contribution in [0.4, 0.5) is 0 Å². The van der Waals surface area contributed by atoms with Crippen LogP contribution in [-0.4, -0.2) is 49.7 Å². The van der Waals surface area contributed by atoms with Gasteiger partial charge < -0.3 is 19.9 Å². The molecule has 0 bridgehead atoms. The zero-order chi connectivity index (χ0) is 14.1. The molecule has 2 N–H and O–H groups in total. The maximum atomic E-state index is 5.35. The molecular formula is C15H20BrN3O. The molecule has 5 heteroatoms. The van der Waals surface area contributed by atoms with Gasteiger partial charge >= 0.3 is 0 Å². The molecule has 20 heavy (non-hydrogen) atoms. The fourth-order valence-electron chi connectivity index (χ4n) is 2.85. The first-order chi connectivity index (χ1) is 9.69. The molecule has 1 aromatic carbocycles. The van der Waals surface area contributed by atoms with Gasteiger partial charge in [-0.25, -0.2) is 0 Å². The Kier molecular flexibility index (Phi) is 4.01. The smallest absolute Gasteiger partial charge is 0.119 e. The van der Waals surface area contributed by atoms with Crippen LogP contribution in [0.15, 0.2) is 22.8 Å². The predicted octanol–water partition coefficient (Wildman–Crippen LogP) is 2.39. The topological polar surface area (TPSA) is 40.3 Å². The molecular weight excluding hydrogens is 318 g/mol. The largest absolute Gasteiger partial charge is 0.497 e. The molecule has 1 aromatic heterocycles. The average Bonchev–Trinajstić information content (AvgIpc) is 2.77. The SMILES string of the molecule is COc1ccc2[nH]c(Br)c(CC3CNCCN3C)c2c1. The van der Waals surface area contributed by atoms with Gasteiger partial charge in [-0.05, 0) is 53.2 Å². The van der Waals surface area contributed by atoms with Crippen LogP contribution in [0.1, 0.15) is 5.56 Å². The van der Waals surface area contributed by atoms with Crippen LogP contribution in [0.3, 0.4) is 0 Å². The van der Waals surface area contributed by atoms with E-state index < -0.39 is 0 Å². The number of ether oxygens (including phenoxy) is 1. The van der Waals surface area contributed by atoms with Crippen molar-refractivity contribution in [3.63, 3.8) is 0 Å². The van der Waals surface area contributed by atoms with E-state index in [0.717, 1.165) is 41.9 Å². The number of methoxy groups -OCH3 is 1. The summed E-state index contributed by atoms with van der Waals surface area (Å²) in [4.78, 5) is 5.84. The van der Waals surface area contributed by atoms with Crippen molar-refractivity contribution in [2.45, 2.75) is 12.5 Å². The number of hydrogen-bond donors (Lipinski definition) is 2. The highest BCUT2D eigenvalue weighted by molar-refractivity contribution is 9.10. The van der Waals surface area contributed by atoms with Gasteiger partial charge in [0.05, 0.1) is 11.7 Å². The second-order valence-corrected chi connectivity index (χ2v) is 6.16. The van der Waals surface area contributed by atoms with Crippen LogP contribution < -0.4 is 10.1 Å². The van der Waals surface area contributed by atoms with E-state index in [4.69, 9.17) is 4.74 Å². The summed E-state index contributed by atoms with van der Waals surface area (Å²) in [7, 11) is 3.91. The van der Waals surface area contributed by atoms with Crippen molar-refractivity contribution in [1.29, 1.82) is 0 Å². The molecule has 0 amide bonds. The predicted molar refractivity (Wildman–Crippen MR) is 85.5 cm³/mol. The van der Waals surface area contributed by atoms with Crippen LogP contribution in [0.25, 0.3) is 10.9 Å². The molecule has 1 atom stereocenters. The molecule has 0 spiro atoms. The van der Waals surface area contributed by atoms with E-state index in [2.05, 4.69) is 50.3 Å². The molecule has 1 aliphatic rings. The third-order valence-corrected chi connectivity index (χ3v) is 4.82. The molecule has 0 saturated carbocycles. The van der Waals surface area contributed by atoms with Crippen LogP contribution >= 0.6 is 15.9 Å². The number of likely N-dealkylation sites (N-methyl/N-ethyl adjacent to an activating group) is 1. The summed E-state index contributed by atoms with van der Waals surface area (Å²) >= 11 is 3.67. The third-order valence-electron chi connectivity index (χ3n) is 4.15. The van der Waals surface area contributed by atoms with Crippen molar-refractivity contribution in [2.75, 3.05) is 33.8 Å². The molecule has 1 aliphatic heterocycles. The summed E-state index contributed by atoms with van der Waals surface area (Å²) in [5.41, 5.74) is 2.48. The summed E-state index contributed by atoms with van der Waals surface area (Å²) in [6.07, 6.45) is 1.03. The van der Waals surface area contributed by atoms with Crippen LogP contribution in [0.5, 0.6) is 5.75 Å².